The van der Waals surface area contributed by atoms with Crippen molar-refractivity contribution in [1.82, 2.24) is 4.98 Å². The van der Waals surface area contributed by atoms with Crippen molar-refractivity contribution < 1.29 is 5.11 Å². The van der Waals surface area contributed by atoms with Gasteiger partial charge >= 0.3 is 0 Å². The molecule has 2 heteroatoms. The Labute approximate surface area is 114 Å². The van der Waals surface area contributed by atoms with Crippen molar-refractivity contribution in [2.24, 2.45) is 5.92 Å². The van der Waals surface area contributed by atoms with Crippen molar-refractivity contribution in [3.05, 3.63) is 42.1 Å². The van der Waals surface area contributed by atoms with Crippen LogP contribution >= 0.6 is 0 Å². The lowest BCUT2D eigenvalue weighted by atomic mass is 9.74. The Morgan fingerprint density at radius 3 is 2.68 bits per heavy atom. The van der Waals surface area contributed by atoms with Gasteiger partial charge in [0.15, 0.2) is 0 Å². The number of aliphatic hydroxyl groups is 1. The second-order valence-electron chi connectivity index (χ2n) is 5.76. The maximum atomic E-state index is 11.0. The molecule has 0 saturated heterocycles. The van der Waals surface area contributed by atoms with Gasteiger partial charge in [0.25, 0.3) is 0 Å². The lowest BCUT2D eigenvalue weighted by Crippen LogP contribution is -2.31. The van der Waals surface area contributed by atoms with E-state index >= 15 is 0 Å². The van der Waals surface area contributed by atoms with Crippen molar-refractivity contribution in [3.8, 4) is 0 Å². The molecule has 1 saturated carbocycles. The van der Waals surface area contributed by atoms with E-state index in [0.717, 1.165) is 48.1 Å². The van der Waals surface area contributed by atoms with Gasteiger partial charge in [-0.1, -0.05) is 31.5 Å². The molecule has 19 heavy (non-hydrogen) atoms. The molecule has 1 heterocycles. The van der Waals surface area contributed by atoms with Crippen molar-refractivity contribution in [2.45, 2.75) is 44.6 Å². The topological polar surface area (TPSA) is 33.1 Å². The highest BCUT2D eigenvalue weighted by Gasteiger charge is 2.35. The lowest BCUT2D eigenvalue weighted by molar-refractivity contribution is -0.0133. The molecule has 1 aliphatic carbocycles. The van der Waals surface area contributed by atoms with Crippen LogP contribution in [0.2, 0.25) is 0 Å². The van der Waals surface area contributed by atoms with Crippen molar-refractivity contribution in [2.75, 3.05) is 0 Å². The van der Waals surface area contributed by atoms with E-state index in [1.54, 1.807) is 0 Å². The normalized spacial score (nSPS) is 27.6. The molecule has 1 fully saturated rings. The average Bonchev–Trinajstić information content (AvgIpc) is 2.47. The Hall–Kier alpha value is -1.41. The van der Waals surface area contributed by atoms with Crippen molar-refractivity contribution in [3.63, 3.8) is 0 Å². The van der Waals surface area contributed by atoms with E-state index in [2.05, 4.69) is 18.0 Å². The summed E-state index contributed by atoms with van der Waals surface area (Å²) in [6.07, 6.45) is 7.06. The zero-order chi connectivity index (χ0) is 13.3. The molecule has 0 radical (unpaired) electrons. The first-order chi connectivity index (χ1) is 9.23. The number of pyridine rings is 1. The molecular weight excluding hydrogens is 234 g/mol. The molecule has 1 aromatic heterocycles. The van der Waals surface area contributed by atoms with Gasteiger partial charge in [-0.15, -0.1) is 0 Å². The van der Waals surface area contributed by atoms with Gasteiger partial charge in [0.05, 0.1) is 11.1 Å². The first kappa shape index (κ1) is 12.6. The zero-order valence-electron chi connectivity index (χ0n) is 11.5. The van der Waals surface area contributed by atoms with E-state index in [9.17, 15) is 5.11 Å². The number of benzene rings is 1. The van der Waals surface area contributed by atoms with E-state index in [0.29, 0.717) is 0 Å². The number of hydrogen-bond acceptors (Lipinski definition) is 2. The molecule has 3 rings (SSSR count). The van der Waals surface area contributed by atoms with Crippen LogP contribution in [0.5, 0.6) is 0 Å². The molecule has 0 aliphatic heterocycles. The summed E-state index contributed by atoms with van der Waals surface area (Å²) in [6.45, 7) is 2.25. The summed E-state index contributed by atoms with van der Waals surface area (Å²) in [5.41, 5.74) is 1.38. The van der Waals surface area contributed by atoms with Gasteiger partial charge in [-0.25, -0.2) is 0 Å². The Bertz CT molecular complexity index is 565. The van der Waals surface area contributed by atoms with Gasteiger partial charge in [0, 0.05) is 11.6 Å². The van der Waals surface area contributed by atoms with E-state index < -0.39 is 5.60 Å². The third-order valence-corrected chi connectivity index (χ3v) is 4.66. The summed E-state index contributed by atoms with van der Waals surface area (Å²) in [6, 6.07) is 10.1. The highest BCUT2D eigenvalue weighted by molar-refractivity contribution is 5.82. The van der Waals surface area contributed by atoms with Gasteiger partial charge < -0.3 is 5.11 Å². The van der Waals surface area contributed by atoms with E-state index in [-0.39, 0.29) is 0 Å². The molecule has 0 bridgehead atoms. The second kappa shape index (κ2) is 4.93. The fourth-order valence-electron chi connectivity index (χ4n) is 3.33. The molecule has 0 unspecified atom stereocenters. The molecule has 100 valence electrons. The summed E-state index contributed by atoms with van der Waals surface area (Å²) in [5.74, 6) is 0.786. The van der Waals surface area contributed by atoms with Gasteiger partial charge in [-0.2, -0.15) is 0 Å². The van der Waals surface area contributed by atoms with Crippen LogP contribution in [0.3, 0.4) is 0 Å². The summed E-state index contributed by atoms with van der Waals surface area (Å²) in [4.78, 5) is 4.39. The number of hydrogen-bond donors (Lipinski definition) is 1. The third kappa shape index (κ3) is 2.25. The molecule has 1 N–H and O–H groups in total. The molecule has 1 aromatic carbocycles. The first-order valence-electron chi connectivity index (χ1n) is 7.29. The lowest BCUT2D eigenvalue weighted by Gasteiger charge is -2.36. The minimum absolute atomic E-state index is 0.659. The molecule has 0 spiro atoms. The summed E-state index contributed by atoms with van der Waals surface area (Å²) < 4.78 is 0. The van der Waals surface area contributed by atoms with Crippen LogP contribution < -0.4 is 0 Å². The SMILES string of the molecule is CCC1CCC(O)(c2ccnc3ccccc23)CC1. The van der Waals surface area contributed by atoms with Gasteiger partial charge in [0.2, 0.25) is 0 Å². The standard InChI is InChI=1S/C17H21NO/c1-2-13-7-10-17(19,11-8-13)15-9-12-18-16-6-4-3-5-14(15)16/h3-6,9,12-13,19H,2,7-8,10-11H2,1H3. The smallest absolute Gasteiger partial charge is 0.0903 e. The Balaban J connectivity index is 2.00. The van der Waals surface area contributed by atoms with Crippen molar-refractivity contribution in [1.29, 1.82) is 0 Å². The van der Waals surface area contributed by atoms with Crippen LogP contribution in [0.1, 0.15) is 44.6 Å². The quantitative estimate of drug-likeness (QED) is 0.879. The molecule has 0 amide bonds. The predicted octanol–water partition coefficient (Wildman–Crippen LogP) is 4.02. The molecule has 2 aromatic rings. The van der Waals surface area contributed by atoms with Crippen LogP contribution in [0.15, 0.2) is 36.5 Å². The highest BCUT2D eigenvalue weighted by Crippen LogP contribution is 2.42. The van der Waals surface area contributed by atoms with E-state index in [1.165, 1.54) is 6.42 Å². The maximum absolute atomic E-state index is 11.0. The number of rotatable bonds is 2. The molecule has 0 atom stereocenters. The highest BCUT2D eigenvalue weighted by atomic mass is 16.3. The number of nitrogens with zero attached hydrogens (tertiary/aromatic N) is 1. The van der Waals surface area contributed by atoms with Gasteiger partial charge in [0.1, 0.15) is 0 Å². The maximum Gasteiger partial charge on any atom is 0.0903 e. The van der Waals surface area contributed by atoms with Crippen LogP contribution in [-0.4, -0.2) is 10.1 Å². The summed E-state index contributed by atoms with van der Waals surface area (Å²) >= 11 is 0. The molecule has 1 aliphatic rings. The van der Waals surface area contributed by atoms with Crippen molar-refractivity contribution >= 4 is 10.9 Å². The van der Waals surface area contributed by atoms with Crippen LogP contribution in [0.4, 0.5) is 0 Å². The Morgan fingerprint density at radius 1 is 1.21 bits per heavy atom. The fourth-order valence-corrected chi connectivity index (χ4v) is 3.33. The average molecular weight is 255 g/mol. The minimum atomic E-state index is -0.659. The Morgan fingerprint density at radius 2 is 1.95 bits per heavy atom. The monoisotopic (exact) mass is 255 g/mol. The number of aromatic nitrogens is 1. The van der Waals surface area contributed by atoms with Crippen LogP contribution in [-0.2, 0) is 5.60 Å². The minimum Gasteiger partial charge on any atom is -0.385 e. The van der Waals surface area contributed by atoms with Crippen LogP contribution in [0, 0.1) is 5.92 Å². The molecule has 2 nitrogen and oxygen atoms in total. The zero-order valence-corrected chi connectivity index (χ0v) is 11.5. The fraction of sp³-hybridized carbons (Fsp3) is 0.471. The number of para-hydroxylation sites is 1. The summed E-state index contributed by atoms with van der Waals surface area (Å²) in [7, 11) is 0. The summed E-state index contributed by atoms with van der Waals surface area (Å²) in [5, 5.41) is 12.1. The predicted molar refractivity (Wildman–Crippen MR) is 77.9 cm³/mol. The third-order valence-electron chi connectivity index (χ3n) is 4.66. The number of fused-ring (bicyclic) bond motifs is 1. The van der Waals surface area contributed by atoms with Gasteiger partial charge in [-0.05, 0) is 49.3 Å². The first-order valence-corrected chi connectivity index (χ1v) is 7.29. The Kier molecular flexibility index (Phi) is 3.28. The van der Waals surface area contributed by atoms with Gasteiger partial charge in [-0.3, -0.25) is 4.98 Å². The van der Waals surface area contributed by atoms with E-state index in [4.69, 9.17) is 0 Å². The van der Waals surface area contributed by atoms with E-state index in [1.807, 2.05) is 30.5 Å². The van der Waals surface area contributed by atoms with Crippen LogP contribution in [0.25, 0.3) is 10.9 Å². The largest absolute Gasteiger partial charge is 0.385 e. The second-order valence-corrected chi connectivity index (χ2v) is 5.76. The molecular formula is C17H21NO.